The Hall–Kier alpha value is -4.68. The Balaban J connectivity index is 0.00000195. The molecule has 0 heterocycles. The molecule has 4 aliphatic carbocycles. The summed E-state index contributed by atoms with van der Waals surface area (Å²) in [6, 6.07) is 0. The van der Waals surface area contributed by atoms with Gasteiger partial charge in [0.1, 0.15) is 17.3 Å². The lowest BCUT2D eigenvalue weighted by atomic mass is 9.71. The van der Waals surface area contributed by atoms with Crippen LogP contribution < -0.4 is 26.6 Å². The number of nitrogens with one attached hydrogen (secondary N) is 5. The SMILES string of the molecule is CC.CCCCNC(=O)C(CCCCCC(=O)CCCCCCCCC1=C(C)CCCC1(C)C)CC(=O)CCCCCCCCC1=C(C)CCCC1(C)C.CCCCNC(=O)CCC.CCNC(=O)C(CCCCNC(=O)CCCCCCCCC1=C(C)CCCC1(C)C)CC(=O)CCCCCCCCC1=C(C)CCCC1(C)C.CCNC(C)=O. The summed E-state index contributed by atoms with van der Waals surface area (Å²) in [6.45, 7) is 47.8. The van der Waals surface area contributed by atoms with Crippen LogP contribution >= 0.6 is 0 Å². The molecule has 0 spiro atoms. The monoisotopic (exact) mass is 1680 g/mol. The number of hydrogen-bond donors (Lipinski definition) is 5. The number of ketones is 3. The molecule has 0 aromatic rings. The van der Waals surface area contributed by atoms with Gasteiger partial charge < -0.3 is 26.6 Å². The summed E-state index contributed by atoms with van der Waals surface area (Å²) in [4.78, 5) is 97.1. The molecule has 2 unspecified atom stereocenters. The van der Waals surface area contributed by atoms with Gasteiger partial charge in [0, 0.05) is 103 Å². The highest BCUT2D eigenvalue weighted by atomic mass is 16.2. The fourth-order valence-corrected chi connectivity index (χ4v) is 19.3. The van der Waals surface area contributed by atoms with Gasteiger partial charge in [-0.25, -0.2) is 0 Å². The van der Waals surface area contributed by atoms with Crippen LogP contribution in [0.5, 0.6) is 0 Å². The first-order chi connectivity index (χ1) is 57.3. The fourth-order valence-electron chi connectivity index (χ4n) is 19.3. The predicted molar refractivity (Wildman–Crippen MR) is 515 cm³/mol. The van der Waals surface area contributed by atoms with Crippen LogP contribution in [0.3, 0.4) is 0 Å². The van der Waals surface area contributed by atoms with Crippen molar-refractivity contribution in [1.82, 2.24) is 26.6 Å². The number of rotatable bonds is 63. The van der Waals surface area contributed by atoms with E-state index in [4.69, 9.17) is 0 Å². The van der Waals surface area contributed by atoms with Crippen molar-refractivity contribution < 1.29 is 38.4 Å². The van der Waals surface area contributed by atoms with Crippen LogP contribution in [-0.4, -0.2) is 79.6 Å². The first kappa shape index (κ1) is 115. The maximum absolute atomic E-state index is 13.0. The molecule has 2 atom stereocenters. The molecule has 4 rings (SSSR count). The van der Waals surface area contributed by atoms with Gasteiger partial charge in [-0.15, -0.1) is 0 Å². The van der Waals surface area contributed by atoms with Crippen LogP contribution in [0.4, 0.5) is 0 Å². The van der Waals surface area contributed by atoms with Crippen LogP contribution in [-0.2, 0) is 38.4 Å². The molecule has 120 heavy (non-hydrogen) atoms. The number of unbranched alkanes of at least 4 members (excludes halogenated alkanes) is 25. The van der Waals surface area contributed by atoms with Crippen LogP contribution in [0.25, 0.3) is 0 Å². The van der Waals surface area contributed by atoms with Gasteiger partial charge >= 0.3 is 0 Å². The Morgan fingerprint density at radius 3 is 0.858 bits per heavy atom. The lowest BCUT2D eigenvalue weighted by Crippen LogP contribution is -2.32. The third-order valence-electron chi connectivity index (χ3n) is 26.7. The van der Waals surface area contributed by atoms with E-state index in [0.29, 0.717) is 105 Å². The van der Waals surface area contributed by atoms with E-state index in [1.807, 2.05) is 34.6 Å². The van der Waals surface area contributed by atoms with Crippen molar-refractivity contribution in [3.63, 3.8) is 0 Å². The number of Topliss-reactive ketones (excluding diaryl/α,β-unsaturated/α-hetero) is 3. The molecule has 5 amide bonds. The Morgan fingerprint density at radius 2 is 0.558 bits per heavy atom. The zero-order valence-electron chi connectivity index (χ0n) is 82.9. The highest BCUT2D eigenvalue weighted by molar-refractivity contribution is 5.87. The normalized spacial score (nSPS) is 16.4. The summed E-state index contributed by atoms with van der Waals surface area (Å²) >= 11 is 0. The van der Waals surface area contributed by atoms with E-state index in [2.05, 4.69) is 124 Å². The molecule has 5 N–H and O–H groups in total. The molecule has 4 aliphatic rings. The molecule has 0 saturated carbocycles. The molecule has 0 radical (unpaired) electrons. The van der Waals surface area contributed by atoms with Gasteiger partial charge in [0.2, 0.25) is 29.5 Å². The average molecular weight is 1680 g/mol. The second-order valence-electron chi connectivity index (χ2n) is 39.4. The van der Waals surface area contributed by atoms with E-state index in [9.17, 15) is 38.4 Å². The topological polar surface area (TPSA) is 197 Å². The second kappa shape index (κ2) is 71.5. The van der Waals surface area contributed by atoms with Gasteiger partial charge in [-0.3, -0.25) is 38.4 Å². The number of allylic oxidation sites excluding steroid dienone is 8. The summed E-state index contributed by atoms with van der Waals surface area (Å²) < 4.78 is 0. The molecule has 0 aliphatic heterocycles. The van der Waals surface area contributed by atoms with E-state index in [-0.39, 0.29) is 52.9 Å². The molecule has 0 aromatic carbocycles. The van der Waals surface area contributed by atoms with Gasteiger partial charge in [0.15, 0.2) is 0 Å². The minimum atomic E-state index is -0.255. The van der Waals surface area contributed by atoms with Crippen molar-refractivity contribution in [2.75, 3.05) is 32.7 Å². The standard InChI is InChI=1S/C48H85NO3.C45H80N2O3.C8H17NO.C4H9NO.C2H6/c1-8-9-37-49-46(52)41(38-43(51)32-21-15-11-13-17-24-34-45-40(3)28-26-36-48(45,6)7)29-19-18-22-31-42(50)30-20-14-10-12-16-23-33-44-39(2)27-25-35-47(44,4)5;1-8-46-43(50)38(35-39(48)28-17-13-9-10-14-18-29-40-36(2)25-23-32-44(40,4)5)27-21-22-34-47-42(49)31-20-16-12-11-15-19-30-41-37(3)26-24-33-45(41,6)7;1-3-5-7-9-8(10)6-4-2;1-3-5-4(2)6;1-2/h41H,8-38H2,1-7H3,(H,49,52);38H,8-35H2,1-7H3,(H,46,50)(H,47,49);3-7H2,1-2H3,(H,9,10);3H2,1-2H3,(H,5,6);1-2H3. The molecule has 13 nitrogen and oxygen atoms in total. The lowest BCUT2D eigenvalue weighted by molar-refractivity contribution is -0.129. The van der Waals surface area contributed by atoms with Gasteiger partial charge in [0.25, 0.3) is 0 Å². The molecule has 0 bridgehead atoms. The molecule has 698 valence electrons. The van der Waals surface area contributed by atoms with Crippen LogP contribution in [0.2, 0.25) is 0 Å². The minimum absolute atomic E-state index is 0.00130. The summed E-state index contributed by atoms with van der Waals surface area (Å²) in [5, 5.41) is 14.5. The molecule has 0 saturated heterocycles. The largest absolute Gasteiger partial charge is 0.357 e. The van der Waals surface area contributed by atoms with E-state index < -0.39 is 0 Å². The summed E-state index contributed by atoms with van der Waals surface area (Å²) in [5.41, 5.74) is 15.0. The maximum atomic E-state index is 13.0. The van der Waals surface area contributed by atoms with Crippen LogP contribution in [0, 0.1) is 33.5 Å². The van der Waals surface area contributed by atoms with Gasteiger partial charge in [-0.05, 0) is 262 Å². The van der Waals surface area contributed by atoms with Crippen molar-refractivity contribution in [3.8, 4) is 0 Å². The molecular weight excluding hydrogens is 1480 g/mol. The minimum Gasteiger partial charge on any atom is -0.357 e. The van der Waals surface area contributed by atoms with Gasteiger partial charge in [-0.1, -0.05) is 269 Å². The lowest BCUT2D eigenvalue weighted by Gasteiger charge is -2.34. The molecule has 13 heteroatoms. The maximum Gasteiger partial charge on any atom is 0.223 e. The first-order valence-corrected chi connectivity index (χ1v) is 51.0. The molecular formula is C107H197N5O8. The number of carbonyl (C=O) groups excluding carboxylic acids is 8. The predicted octanol–water partition coefficient (Wildman–Crippen LogP) is 29.4. The molecule has 0 aromatic heterocycles. The van der Waals surface area contributed by atoms with Gasteiger partial charge in [0.05, 0.1) is 0 Å². The van der Waals surface area contributed by atoms with Crippen molar-refractivity contribution in [1.29, 1.82) is 0 Å². The van der Waals surface area contributed by atoms with E-state index in [1.54, 1.807) is 44.6 Å². The smallest absolute Gasteiger partial charge is 0.223 e. The number of hydrogen-bond acceptors (Lipinski definition) is 8. The fraction of sp³-hybridized carbons (Fsp3) is 0.850. The second-order valence-corrected chi connectivity index (χ2v) is 39.4. The first-order valence-electron chi connectivity index (χ1n) is 51.0. The summed E-state index contributed by atoms with van der Waals surface area (Å²) in [7, 11) is 0. The average Bonchev–Trinajstić information content (AvgIpc) is 0.840. The Morgan fingerprint density at radius 1 is 0.292 bits per heavy atom. The number of carbonyl (C=O) groups is 8. The van der Waals surface area contributed by atoms with E-state index in [1.165, 1.54) is 219 Å². The third-order valence-corrected chi connectivity index (χ3v) is 26.7. The van der Waals surface area contributed by atoms with E-state index in [0.717, 1.165) is 129 Å². The van der Waals surface area contributed by atoms with Crippen molar-refractivity contribution >= 4 is 46.9 Å². The Kier molecular flexibility index (Phi) is 68.7. The van der Waals surface area contributed by atoms with Crippen molar-refractivity contribution in [2.24, 2.45) is 33.5 Å². The summed E-state index contributed by atoms with van der Waals surface area (Å²) in [5.74, 6) is 0.802. The Labute approximate surface area is 742 Å². The molecule has 0 fully saturated rings. The summed E-state index contributed by atoms with van der Waals surface area (Å²) in [6.07, 6.45) is 65.1. The highest BCUT2D eigenvalue weighted by Crippen LogP contribution is 2.46. The number of amides is 5. The van der Waals surface area contributed by atoms with Crippen molar-refractivity contribution in [3.05, 3.63) is 44.6 Å². The zero-order valence-corrected chi connectivity index (χ0v) is 82.9. The van der Waals surface area contributed by atoms with Gasteiger partial charge in [-0.2, -0.15) is 0 Å². The quantitative estimate of drug-likeness (QED) is 0.0293. The third kappa shape index (κ3) is 57.0. The van der Waals surface area contributed by atoms with Crippen molar-refractivity contribution in [2.45, 2.75) is 524 Å². The highest BCUT2D eigenvalue weighted by Gasteiger charge is 2.32. The van der Waals surface area contributed by atoms with Crippen LogP contribution in [0.1, 0.15) is 524 Å². The van der Waals surface area contributed by atoms with Crippen LogP contribution in [0.15, 0.2) is 44.6 Å². The Bertz CT molecular complexity index is 2900. The zero-order chi connectivity index (χ0) is 89.9. The van der Waals surface area contributed by atoms with E-state index >= 15 is 0 Å².